The number of hydrogen-bond acceptors (Lipinski definition) is 5. The second-order valence-corrected chi connectivity index (χ2v) is 5.14. The molecule has 0 atom stereocenters. The minimum absolute atomic E-state index is 0.249. The van der Waals surface area contributed by atoms with Gasteiger partial charge in [-0.05, 0) is 36.2 Å². The number of anilines is 1. The molecular formula is C14H13FN4S. The predicted molar refractivity (Wildman–Crippen MR) is 79.3 cm³/mol. The van der Waals surface area contributed by atoms with Gasteiger partial charge in [0, 0.05) is 30.9 Å². The van der Waals surface area contributed by atoms with Crippen molar-refractivity contribution in [3.05, 3.63) is 54.1 Å². The summed E-state index contributed by atoms with van der Waals surface area (Å²) in [7, 11) is 0. The molecule has 0 bridgehead atoms. The number of nitrogens with one attached hydrogen (secondary N) is 2. The van der Waals surface area contributed by atoms with E-state index in [4.69, 9.17) is 0 Å². The van der Waals surface area contributed by atoms with E-state index in [1.807, 2.05) is 18.3 Å². The van der Waals surface area contributed by atoms with Crippen LogP contribution in [-0.4, -0.2) is 17.5 Å². The lowest BCUT2D eigenvalue weighted by atomic mass is 10.2. The van der Waals surface area contributed by atoms with Crippen LogP contribution in [-0.2, 0) is 6.42 Å². The van der Waals surface area contributed by atoms with E-state index in [0.717, 1.165) is 23.5 Å². The van der Waals surface area contributed by atoms with Gasteiger partial charge in [-0.15, -0.1) is 0 Å². The summed E-state index contributed by atoms with van der Waals surface area (Å²) in [5.74, 6) is 0.444. The largest absolute Gasteiger partial charge is 0.355 e. The van der Waals surface area contributed by atoms with Crippen LogP contribution in [0.1, 0.15) is 5.56 Å². The van der Waals surface area contributed by atoms with Crippen LogP contribution in [0.2, 0.25) is 0 Å². The Labute approximate surface area is 120 Å². The maximum absolute atomic E-state index is 13.1. The second kappa shape index (κ2) is 5.92. The molecule has 0 amide bonds. The van der Waals surface area contributed by atoms with Crippen LogP contribution in [0, 0.1) is 5.82 Å². The Morgan fingerprint density at radius 2 is 2.25 bits per heavy atom. The third-order valence-corrected chi connectivity index (χ3v) is 3.67. The molecule has 0 radical (unpaired) electrons. The van der Waals surface area contributed by atoms with Crippen molar-refractivity contribution in [1.82, 2.24) is 10.3 Å². The van der Waals surface area contributed by atoms with E-state index < -0.39 is 0 Å². The van der Waals surface area contributed by atoms with Gasteiger partial charge in [0.05, 0.1) is 10.6 Å². The fourth-order valence-electron chi connectivity index (χ4n) is 1.87. The van der Waals surface area contributed by atoms with Crippen molar-refractivity contribution >= 4 is 23.6 Å². The van der Waals surface area contributed by atoms with Gasteiger partial charge in [-0.3, -0.25) is 4.98 Å². The number of fused-ring (bicyclic) bond motifs is 1. The summed E-state index contributed by atoms with van der Waals surface area (Å²) in [5.41, 5.74) is 2.04. The molecule has 1 aliphatic heterocycles. The van der Waals surface area contributed by atoms with Gasteiger partial charge in [0.15, 0.2) is 0 Å². The van der Waals surface area contributed by atoms with Gasteiger partial charge in [0.2, 0.25) is 5.96 Å². The predicted octanol–water partition coefficient (Wildman–Crippen LogP) is 2.84. The minimum Gasteiger partial charge on any atom is -0.355 e. The average molecular weight is 288 g/mol. The topological polar surface area (TPSA) is 49.3 Å². The van der Waals surface area contributed by atoms with E-state index in [-0.39, 0.29) is 5.82 Å². The first-order valence-corrected chi connectivity index (χ1v) is 7.03. The molecule has 2 N–H and O–H groups in total. The number of hydrogen-bond donors (Lipinski definition) is 2. The number of aromatic nitrogens is 1. The highest BCUT2D eigenvalue weighted by Gasteiger charge is 2.12. The zero-order valence-corrected chi connectivity index (χ0v) is 11.5. The summed E-state index contributed by atoms with van der Waals surface area (Å²) >= 11 is 1.27. The van der Waals surface area contributed by atoms with E-state index in [0.29, 0.717) is 5.96 Å². The number of benzene rings is 1. The smallest absolute Gasteiger partial charge is 0.207 e. The van der Waals surface area contributed by atoms with Gasteiger partial charge >= 0.3 is 0 Å². The molecule has 102 valence electrons. The molecule has 1 aromatic heterocycles. The van der Waals surface area contributed by atoms with E-state index >= 15 is 0 Å². The van der Waals surface area contributed by atoms with Crippen molar-refractivity contribution < 1.29 is 4.39 Å². The maximum atomic E-state index is 13.1. The van der Waals surface area contributed by atoms with Gasteiger partial charge in [-0.1, -0.05) is 6.07 Å². The lowest BCUT2D eigenvalue weighted by Crippen LogP contribution is -2.33. The first-order chi connectivity index (χ1) is 9.81. The zero-order valence-electron chi connectivity index (χ0n) is 10.6. The summed E-state index contributed by atoms with van der Waals surface area (Å²) in [4.78, 5) is 4.87. The third kappa shape index (κ3) is 3.08. The van der Waals surface area contributed by atoms with Crippen LogP contribution in [0.15, 0.2) is 52.0 Å². The molecule has 0 aliphatic carbocycles. The first-order valence-electron chi connectivity index (χ1n) is 6.25. The molecule has 1 aliphatic rings. The SMILES string of the molecule is Fc1ccc2c(c1)SN=C(NCCc1cccnc1)N2. The average Bonchev–Trinajstić information content (AvgIpc) is 2.48. The molecule has 0 fully saturated rings. The Morgan fingerprint density at radius 1 is 1.30 bits per heavy atom. The van der Waals surface area contributed by atoms with Crippen LogP contribution < -0.4 is 10.6 Å². The molecule has 0 saturated carbocycles. The lowest BCUT2D eigenvalue weighted by Gasteiger charge is -2.18. The van der Waals surface area contributed by atoms with Gasteiger partial charge in [-0.2, -0.15) is 4.40 Å². The molecule has 6 heteroatoms. The standard InChI is InChI=1S/C14H13FN4S/c15-11-3-4-12-13(8-11)20-19-14(18-12)17-7-5-10-2-1-6-16-9-10/h1-4,6,8-9H,5,7H2,(H2,17,18,19). The van der Waals surface area contributed by atoms with E-state index in [1.54, 1.807) is 12.3 Å². The van der Waals surface area contributed by atoms with Crippen molar-refractivity contribution in [3.63, 3.8) is 0 Å². The minimum atomic E-state index is -0.249. The van der Waals surface area contributed by atoms with Crippen LogP contribution in [0.25, 0.3) is 0 Å². The van der Waals surface area contributed by atoms with Gasteiger partial charge < -0.3 is 10.6 Å². The van der Waals surface area contributed by atoms with Crippen molar-refractivity contribution in [3.8, 4) is 0 Å². The fraction of sp³-hybridized carbons (Fsp3) is 0.143. The van der Waals surface area contributed by atoms with Crippen LogP contribution in [0.3, 0.4) is 0 Å². The number of rotatable bonds is 3. The lowest BCUT2D eigenvalue weighted by molar-refractivity contribution is 0.624. The number of guanidine groups is 1. The highest BCUT2D eigenvalue weighted by atomic mass is 32.2. The summed E-state index contributed by atoms with van der Waals surface area (Å²) in [6.07, 6.45) is 4.48. The molecule has 2 heterocycles. The molecule has 1 aromatic carbocycles. The van der Waals surface area contributed by atoms with Crippen LogP contribution in [0.4, 0.5) is 10.1 Å². The van der Waals surface area contributed by atoms with Gasteiger partial charge in [0.1, 0.15) is 5.82 Å². The van der Waals surface area contributed by atoms with Crippen LogP contribution >= 0.6 is 11.9 Å². The Hall–Kier alpha value is -2.08. The van der Waals surface area contributed by atoms with E-state index in [9.17, 15) is 4.39 Å². The summed E-state index contributed by atoms with van der Waals surface area (Å²) in [6, 6.07) is 8.59. The highest BCUT2D eigenvalue weighted by molar-refractivity contribution is 7.98. The summed E-state index contributed by atoms with van der Waals surface area (Å²) in [5, 5.41) is 6.37. The Morgan fingerprint density at radius 3 is 3.10 bits per heavy atom. The summed E-state index contributed by atoms with van der Waals surface area (Å²) in [6.45, 7) is 0.759. The van der Waals surface area contributed by atoms with Gasteiger partial charge in [-0.25, -0.2) is 4.39 Å². The molecule has 0 spiro atoms. The Kier molecular flexibility index (Phi) is 3.83. The Bertz CT molecular complexity index is 630. The fourth-order valence-corrected chi connectivity index (χ4v) is 2.55. The molecule has 20 heavy (non-hydrogen) atoms. The quantitative estimate of drug-likeness (QED) is 0.853. The summed E-state index contributed by atoms with van der Waals surface area (Å²) < 4.78 is 17.3. The molecule has 0 unspecified atom stereocenters. The number of pyridine rings is 1. The third-order valence-electron chi connectivity index (χ3n) is 2.86. The normalized spacial score (nSPS) is 13.2. The highest BCUT2D eigenvalue weighted by Crippen LogP contribution is 2.31. The molecule has 2 aromatic rings. The van der Waals surface area contributed by atoms with Crippen LogP contribution in [0.5, 0.6) is 0 Å². The van der Waals surface area contributed by atoms with E-state index in [1.165, 1.54) is 29.6 Å². The zero-order chi connectivity index (χ0) is 13.8. The molecule has 0 saturated heterocycles. The molecular weight excluding hydrogens is 275 g/mol. The first kappa shape index (κ1) is 12.9. The van der Waals surface area contributed by atoms with Crippen molar-refractivity contribution in [2.75, 3.05) is 11.9 Å². The van der Waals surface area contributed by atoms with Crippen molar-refractivity contribution in [2.24, 2.45) is 4.40 Å². The number of nitrogens with zero attached hydrogens (tertiary/aromatic N) is 2. The monoisotopic (exact) mass is 288 g/mol. The van der Waals surface area contributed by atoms with Crippen molar-refractivity contribution in [2.45, 2.75) is 11.3 Å². The maximum Gasteiger partial charge on any atom is 0.207 e. The van der Waals surface area contributed by atoms with Gasteiger partial charge in [0.25, 0.3) is 0 Å². The number of halogens is 1. The molecule has 3 rings (SSSR count). The van der Waals surface area contributed by atoms with Crippen molar-refractivity contribution in [1.29, 1.82) is 0 Å². The second-order valence-electron chi connectivity index (χ2n) is 4.33. The van der Waals surface area contributed by atoms with E-state index in [2.05, 4.69) is 20.0 Å². The molecule has 4 nitrogen and oxygen atoms in total. The Balaban J connectivity index is 1.55.